The molecule has 2 heterocycles. The third-order valence-corrected chi connectivity index (χ3v) is 7.28. The SMILES string of the molecule is COc1ccc(C)c2sc(N3CCC(N(C)S(C)(=O)=O)CC3)nc12. The van der Waals surface area contributed by atoms with Crippen LogP contribution >= 0.6 is 11.3 Å². The van der Waals surface area contributed by atoms with Gasteiger partial charge < -0.3 is 9.64 Å². The normalized spacial score (nSPS) is 17.0. The fraction of sp³-hybridized carbons (Fsp3) is 0.562. The minimum Gasteiger partial charge on any atom is -0.494 e. The van der Waals surface area contributed by atoms with Crippen LogP contribution in [0.4, 0.5) is 5.13 Å². The van der Waals surface area contributed by atoms with Crippen molar-refractivity contribution in [1.29, 1.82) is 0 Å². The molecule has 0 bridgehead atoms. The van der Waals surface area contributed by atoms with Crippen LogP contribution in [-0.2, 0) is 10.0 Å². The van der Waals surface area contributed by atoms with Gasteiger partial charge in [-0.3, -0.25) is 0 Å². The van der Waals surface area contributed by atoms with Crippen molar-refractivity contribution in [2.75, 3.05) is 38.4 Å². The molecule has 8 heteroatoms. The Morgan fingerprint density at radius 2 is 2.00 bits per heavy atom. The maximum atomic E-state index is 11.7. The van der Waals surface area contributed by atoms with Crippen molar-refractivity contribution in [3.05, 3.63) is 17.7 Å². The highest BCUT2D eigenvalue weighted by molar-refractivity contribution is 7.88. The van der Waals surface area contributed by atoms with Gasteiger partial charge in [-0.2, -0.15) is 0 Å². The Kier molecular flexibility index (Phi) is 4.72. The zero-order valence-corrected chi connectivity index (χ0v) is 16.1. The highest BCUT2D eigenvalue weighted by Gasteiger charge is 2.28. The molecule has 3 rings (SSSR count). The van der Waals surface area contributed by atoms with E-state index in [0.29, 0.717) is 0 Å². The van der Waals surface area contributed by atoms with Crippen molar-refractivity contribution in [2.45, 2.75) is 25.8 Å². The second-order valence-corrected chi connectivity index (χ2v) is 9.28. The minimum atomic E-state index is -3.13. The van der Waals surface area contributed by atoms with Gasteiger partial charge in [0.1, 0.15) is 11.3 Å². The van der Waals surface area contributed by atoms with E-state index in [1.807, 2.05) is 6.07 Å². The number of aromatic nitrogens is 1. The van der Waals surface area contributed by atoms with E-state index in [2.05, 4.69) is 17.9 Å². The molecule has 0 N–H and O–H groups in total. The van der Waals surface area contributed by atoms with Crippen molar-refractivity contribution < 1.29 is 13.2 Å². The van der Waals surface area contributed by atoms with E-state index in [4.69, 9.17) is 9.72 Å². The Balaban J connectivity index is 1.80. The van der Waals surface area contributed by atoms with E-state index < -0.39 is 10.0 Å². The number of thiazole rings is 1. The Morgan fingerprint density at radius 3 is 2.58 bits per heavy atom. The van der Waals surface area contributed by atoms with Gasteiger partial charge in [0, 0.05) is 26.2 Å². The number of sulfonamides is 1. The lowest BCUT2D eigenvalue weighted by Crippen LogP contribution is -2.45. The number of ether oxygens (including phenoxy) is 1. The van der Waals surface area contributed by atoms with Crippen LogP contribution in [0.15, 0.2) is 12.1 Å². The highest BCUT2D eigenvalue weighted by atomic mass is 32.2. The fourth-order valence-electron chi connectivity index (χ4n) is 3.09. The molecule has 1 aromatic carbocycles. The zero-order chi connectivity index (χ0) is 17.5. The zero-order valence-electron chi connectivity index (χ0n) is 14.4. The molecule has 0 spiro atoms. The lowest BCUT2D eigenvalue weighted by atomic mass is 10.1. The number of benzene rings is 1. The molecular weight excluding hydrogens is 346 g/mol. The van der Waals surface area contributed by atoms with Gasteiger partial charge in [-0.1, -0.05) is 17.4 Å². The summed E-state index contributed by atoms with van der Waals surface area (Å²) in [5.41, 5.74) is 2.11. The van der Waals surface area contributed by atoms with Gasteiger partial charge in [0.15, 0.2) is 5.13 Å². The molecule has 6 nitrogen and oxygen atoms in total. The van der Waals surface area contributed by atoms with E-state index in [9.17, 15) is 8.42 Å². The van der Waals surface area contributed by atoms with E-state index in [-0.39, 0.29) is 6.04 Å². The molecule has 1 aliphatic heterocycles. The van der Waals surface area contributed by atoms with Crippen LogP contribution in [0.25, 0.3) is 10.2 Å². The van der Waals surface area contributed by atoms with Crippen molar-refractivity contribution in [3.8, 4) is 5.75 Å². The number of aryl methyl sites for hydroxylation is 1. The lowest BCUT2D eigenvalue weighted by Gasteiger charge is -2.35. The molecule has 1 aliphatic rings. The number of fused-ring (bicyclic) bond motifs is 1. The largest absolute Gasteiger partial charge is 0.494 e. The van der Waals surface area contributed by atoms with Gasteiger partial charge in [-0.05, 0) is 31.4 Å². The van der Waals surface area contributed by atoms with Crippen LogP contribution in [0.5, 0.6) is 5.75 Å². The first-order chi connectivity index (χ1) is 11.3. The van der Waals surface area contributed by atoms with E-state index >= 15 is 0 Å². The Hall–Kier alpha value is -1.38. The smallest absolute Gasteiger partial charge is 0.211 e. The van der Waals surface area contributed by atoms with Crippen LogP contribution in [0.3, 0.4) is 0 Å². The molecule has 0 saturated carbocycles. The summed E-state index contributed by atoms with van der Waals surface area (Å²) in [7, 11) is 0.196. The van der Waals surface area contributed by atoms with Gasteiger partial charge in [-0.15, -0.1) is 0 Å². The molecule has 2 aromatic rings. The first-order valence-electron chi connectivity index (χ1n) is 7.93. The third-order valence-electron chi connectivity index (χ3n) is 4.68. The standard InChI is InChI=1S/C16H23N3O3S2/c1-11-5-6-13(22-3)14-15(11)23-16(17-14)19-9-7-12(8-10-19)18(2)24(4,20)21/h5-6,12H,7-10H2,1-4H3. The first-order valence-corrected chi connectivity index (χ1v) is 10.6. The van der Waals surface area contributed by atoms with Crippen molar-refractivity contribution in [1.82, 2.24) is 9.29 Å². The molecule has 0 atom stereocenters. The molecule has 1 aromatic heterocycles. The summed E-state index contributed by atoms with van der Waals surface area (Å²) in [5.74, 6) is 0.796. The summed E-state index contributed by atoms with van der Waals surface area (Å²) in [4.78, 5) is 7.02. The van der Waals surface area contributed by atoms with Gasteiger partial charge in [0.25, 0.3) is 0 Å². The summed E-state index contributed by atoms with van der Waals surface area (Å²) < 4.78 is 31.5. The number of rotatable bonds is 4. The quantitative estimate of drug-likeness (QED) is 0.828. The van der Waals surface area contributed by atoms with Crippen molar-refractivity contribution in [2.24, 2.45) is 0 Å². The number of methoxy groups -OCH3 is 1. The lowest BCUT2D eigenvalue weighted by molar-refractivity contribution is 0.314. The van der Waals surface area contributed by atoms with Gasteiger partial charge in [0.2, 0.25) is 10.0 Å². The average Bonchev–Trinajstić information content (AvgIpc) is 3.00. The molecule has 0 unspecified atom stereocenters. The van der Waals surface area contributed by atoms with Crippen molar-refractivity contribution in [3.63, 3.8) is 0 Å². The summed E-state index contributed by atoms with van der Waals surface area (Å²) >= 11 is 1.68. The van der Waals surface area contributed by atoms with Crippen molar-refractivity contribution >= 4 is 36.7 Å². The predicted octanol–water partition coefficient (Wildman–Crippen LogP) is 2.47. The van der Waals surface area contributed by atoms with E-state index in [0.717, 1.165) is 47.0 Å². The van der Waals surface area contributed by atoms with Gasteiger partial charge in [-0.25, -0.2) is 17.7 Å². The fourth-order valence-corrected chi connectivity index (χ4v) is 4.95. The van der Waals surface area contributed by atoms with Crippen LogP contribution in [0.2, 0.25) is 0 Å². The maximum Gasteiger partial charge on any atom is 0.211 e. The van der Waals surface area contributed by atoms with Gasteiger partial charge in [0.05, 0.1) is 18.1 Å². The minimum absolute atomic E-state index is 0.0712. The topological polar surface area (TPSA) is 62.7 Å². The van der Waals surface area contributed by atoms with Gasteiger partial charge >= 0.3 is 0 Å². The number of hydrogen-bond donors (Lipinski definition) is 0. The Bertz CT molecular complexity index is 840. The first kappa shape index (κ1) is 17.4. The summed E-state index contributed by atoms with van der Waals surface area (Å²) in [6, 6.07) is 4.08. The predicted molar refractivity (Wildman–Crippen MR) is 98.8 cm³/mol. The monoisotopic (exact) mass is 369 g/mol. The van der Waals surface area contributed by atoms with E-state index in [1.54, 1.807) is 25.5 Å². The maximum absolute atomic E-state index is 11.7. The van der Waals surface area contributed by atoms with Crippen LogP contribution in [-0.4, -0.2) is 57.3 Å². The molecular formula is C16H23N3O3S2. The van der Waals surface area contributed by atoms with E-state index in [1.165, 1.54) is 16.1 Å². The number of piperidine rings is 1. The molecule has 0 radical (unpaired) electrons. The third kappa shape index (κ3) is 3.22. The second kappa shape index (κ2) is 6.50. The number of anilines is 1. The van der Waals surface area contributed by atoms with Crippen LogP contribution in [0, 0.1) is 6.92 Å². The molecule has 1 fully saturated rings. The average molecular weight is 370 g/mol. The molecule has 1 saturated heterocycles. The number of nitrogens with zero attached hydrogens (tertiary/aromatic N) is 3. The van der Waals surface area contributed by atoms with Crippen LogP contribution < -0.4 is 9.64 Å². The number of hydrogen-bond acceptors (Lipinski definition) is 6. The molecule has 24 heavy (non-hydrogen) atoms. The molecule has 132 valence electrons. The summed E-state index contributed by atoms with van der Waals surface area (Å²) in [6.45, 7) is 3.70. The Morgan fingerprint density at radius 1 is 1.33 bits per heavy atom. The Labute approximate surface area is 147 Å². The summed E-state index contributed by atoms with van der Waals surface area (Å²) in [5, 5.41) is 0.984. The molecule has 0 amide bonds. The van der Waals surface area contributed by atoms with Crippen LogP contribution in [0.1, 0.15) is 18.4 Å². The highest BCUT2D eigenvalue weighted by Crippen LogP contribution is 2.37. The second-order valence-electron chi connectivity index (χ2n) is 6.26. The molecule has 0 aliphatic carbocycles. The summed E-state index contributed by atoms with van der Waals surface area (Å²) in [6.07, 6.45) is 2.90.